The average molecular weight is 289 g/mol. The molecule has 0 amide bonds. The highest BCUT2D eigenvalue weighted by Gasteiger charge is 2.17. The fourth-order valence-corrected chi connectivity index (χ4v) is 2.67. The van der Waals surface area contributed by atoms with Gasteiger partial charge >= 0.3 is 0 Å². The first-order valence-electron chi connectivity index (χ1n) is 7.68. The zero-order valence-corrected chi connectivity index (χ0v) is 12.8. The van der Waals surface area contributed by atoms with Crippen molar-refractivity contribution in [3.8, 4) is 11.5 Å². The number of aryl methyl sites for hydroxylation is 1. The van der Waals surface area contributed by atoms with E-state index in [1.54, 1.807) is 0 Å². The molecule has 0 radical (unpaired) electrons. The summed E-state index contributed by atoms with van der Waals surface area (Å²) in [5, 5.41) is 0. The van der Waals surface area contributed by atoms with E-state index in [2.05, 4.69) is 24.5 Å². The molecular weight excluding hydrogens is 266 g/mol. The summed E-state index contributed by atoms with van der Waals surface area (Å²) in [6.45, 7) is 7.25. The predicted octanol–water partition coefficient (Wildman–Crippen LogP) is 2.35. The van der Waals surface area contributed by atoms with Gasteiger partial charge in [0.2, 0.25) is 0 Å². The van der Waals surface area contributed by atoms with Crippen LogP contribution in [0.5, 0.6) is 11.5 Å². The van der Waals surface area contributed by atoms with Crippen molar-refractivity contribution in [3.05, 3.63) is 18.0 Å². The normalized spacial score (nSPS) is 14.1. The lowest BCUT2D eigenvalue weighted by Gasteiger charge is -2.18. The lowest BCUT2D eigenvalue weighted by Crippen LogP contribution is -2.15. The van der Waals surface area contributed by atoms with Gasteiger partial charge in [0.25, 0.3) is 0 Å². The molecule has 2 N–H and O–H groups in total. The molecule has 3 rings (SSSR count). The number of fused-ring (bicyclic) bond motifs is 2. The Hall–Kier alpha value is -1.75. The number of hydrogen-bond donors (Lipinski definition) is 1. The largest absolute Gasteiger partial charge is 0.486 e. The zero-order valence-electron chi connectivity index (χ0n) is 12.8. The van der Waals surface area contributed by atoms with Crippen LogP contribution in [0.2, 0.25) is 0 Å². The van der Waals surface area contributed by atoms with E-state index in [1.807, 2.05) is 6.07 Å². The van der Waals surface area contributed by atoms with Crippen molar-refractivity contribution >= 4 is 11.0 Å². The average Bonchev–Trinajstić information content (AvgIpc) is 2.79. The first-order chi connectivity index (χ1) is 10.2. The molecule has 0 spiro atoms. The number of hydrogen-bond acceptors (Lipinski definition) is 4. The summed E-state index contributed by atoms with van der Waals surface area (Å²) in [4.78, 5) is 4.74. The molecule has 2 heterocycles. The predicted molar refractivity (Wildman–Crippen MR) is 82.9 cm³/mol. The van der Waals surface area contributed by atoms with Gasteiger partial charge in [-0.05, 0) is 18.9 Å². The quantitative estimate of drug-likeness (QED) is 0.918. The van der Waals surface area contributed by atoms with E-state index in [9.17, 15) is 0 Å². The molecule has 0 aliphatic carbocycles. The van der Waals surface area contributed by atoms with Crippen LogP contribution >= 0.6 is 0 Å². The van der Waals surface area contributed by atoms with Crippen molar-refractivity contribution in [2.24, 2.45) is 11.7 Å². The molecule has 0 unspecified atom stereocenters. The minimum absolute atomic E-state index is 0.599. The van der Waals surface area contributed by atoms with Gasteiger partial charge in [-0.3, -0.25) is 0 Å². The second-order valence-electron chi connectivity index (χ2n) is 5.89. The topological polar surface area (TPSA) is 62.3 Å². The molecule has 1 aromatic heterocycles. The fourth-order valence-electron chi connectivity index (χ4n) is 2.67. The van der Waals surface area contributed by atoms with Crippen LogP contribution in [0.15, 0.2) is 12.1 Å². The van der Waals surface area contributed by atoms with Crippen LogP contribution < -0.4 is 15.2 Å². The summed E-state index contributed by atoms with van der Waals surface area (Å²) in [5.74, 6) is 3.32. The van der Waals surface area contributed by atoms with Crippen molar-refractivity contribution in [2.75, 3.05) is 19.8 Å². The zero-order chi connectivity index (χ0) is 14.8. The second kappa shape index (κ2) is 5.93. The van der Waals surface area contributed by atoms with Gasteiger partial charge in [0.1, 0.15) is 19.0 Å². The third-order valence-corrected chi connectivity index (χ3v) is 3.79. The Morgan fingerprint density at radius 2 is 1.95 bits per heavy atom. The maximum Gasteiger partial charge on any atom is 0.163 e. The Labute approximate surface area is 125 Å². The summed E-state index contributed by atoms with van der Waals surface area (Å²) in [6.07, 6.45) is 1.91. The third kappa shape index (κ3) is 2.83. The SMILES string of the molecule is CC(C)CCn1c(CCN)nc2cc3c(cc21)OCCO3. The molecule has 114 valence electrons. The van der Waals surface area contributed by atoms with E-state index in [-0.39, 0.29) is 0 Å². The Kier molecular flexibility index (Phi) is 4.01. The molecule has 0 saturated heterocycles. The van der Waals surface area contributed by atoms with Crippen molar-refractivity contribution < 1.29 is 9.47 Å². The maximum absolute atomic E-state index is 5.73. The standard InChI is InChI=1S/C16H23N3O2/c1-11(2)4-6-19-13-10-15-14(20-7-8-21-15)9-12(13)18-16(19)3-5-17/h9-11H,3-8,17H2,1-2H3. The number of rotatable bonds is 5. The van der Waals surface area contributed by atoms with Crippen LogP contribution in [-0.4, -0.2) is 29.3 Å². The van der Waals surface area contributed by atoms with Crippen LogP contribution in [0.4, 0.5) is 0 Å². The van der Waals surface area contributed by atoms with E-state index in [4.69, 9.17) is 20.2 Å². The Bertz CT molecular complexity index is 634. The number of aromatic nitrogens is 2. The van der Waals surface area contributed by atoms with Gasteiger partial charge in [0.05, 0.1) is 11.0 Å². The smallest absolute Gasteiger partial charge is 0.163 e. The van der Waals surface area contributed by atoms with E-state index in [0.717, 1.165) is 47.7 Å². The number of nitrogens with zero attached hydrogens (tertiary/aromatic N) is 2. The molecule has 0 atom stereocenters. The van der Waals surface area contributed by atoms with Crippen LogP contribution in [-0.2, 0) is 13.0 Å². The summed E-state index contributed by atoms with van der Waals surface area (Å²) < 4.78 is 13.6. The highest BCUT2D eigenvalue weighted by atomic mass is 16.6. The molecule has 0 bridgehead atoms. The van der Waals surface area contributed by atoms with E-state index in [1.165, 1.54) is 0 Å². The summed E-state index contributed by atoms with van der Waals surface area (Å²) >= 11 is 0. The van der Waals surface area contributed by atoms with Gasteiger partial charge in [-0.2, -0.15) is 0 Å². The van der Waals surface area contributed by atoms with Crippen LogP contribution in [0.3, 0.4) is 0 Å². The third-order valence-electron chi connectivity index (χ3n) is 3.79. The molecule has 1 aliphatic heterocycles. The monoisotopic (exact) mass is 289 g/mol. The molecule has 1 aromatic carbocycles. The van der Waals surface area contributed by atoms with Crippen molar-refractivity contribution in [1.29, 1.82) is 0 Å². The van der Waals surface area contributed by atoms with Crippen LogP contribution in [0.25, 0.3) is 11.0 Å². The minimum Gasteiger partial charge on any atom is -0.486 e. The van der Waals surface area contributed by atoms with Crippen LogP contribution in [0.1, 0.15) is 26.1 Å². The molecule has 5 nitrogen and oxygen atoms in total. The summed E-state index contributed by atoms with van der Waals surface area (Å²) in [7, 11) is 0. The van der Waals surface area contributed by atoms with Gasteiger partial charge in [-0.25, -0.2) is 4.98 Å². The van der Waals surface area contributed by atoms with Gasteiger partial charge in [-0.15, -0.1) is 0 Å². The summed E-state index contributed by atoms with van der Waals surface area (Å²) in [5.41, 5.74) is 7.81. The number of imidazole rings is 1. The lowest BCUT2D eigenvalue weighted by molar-refractivity contribution is 0.172. The van der Waals surface area contributed by atoms with Crippen molar-refractivity contribution in [2.45, 2.75) is 33.2 Å². The Morgan fingerprint density at radius 1 is 1.24 bits per heavy atom. The molecular formula is C16H23N3O2. The highest BCUT2D eigenvalue weighted by Crippen LogP contribution is 2.35. The van der Waals surface area contributed by atoms with E-state index < -0.39 is 0 Å². The first kappa shape index (κ1) is 14.2. The van der Waals surface area contributed by atoms with E-state index >= 15 is 0 Å². The number of ether oxygens (including phenoxy) is 2. The molecule has 2 aromatic rings. The van der Waals surface area contributed by atoms with E-state index in [0.29, 0.717) is 25.7 Å². The second-order valence-corrected chi connectivity index (χ2v) is 5.89. The Morgan fingerprint density at radius 3 is 2.62 bits per heavy atom. The molecule has 5 heteroatoms. The van der Waals surface area contributed by atoms with Crippen molar-refractivity contribution in [1.82, 2.24) is 9.55 Å². The molecule has 0 fully saturated rings. The van der Waals surface area contributed by atoms with Crippen LogP contribution in [0, 0.1) is 5.92 Å². The summed E-state index contributed by atoms with van der Waals surface area (Å²) in [6, 6.07) is 4.03. The molecule has 21 heavy (non-hydrogen) atoms. The molecule has 1 aliphatic rings. The maximum atomic E-state index is 5.73. The van der Waals surface area contributed by atoms with Gasteiger partial charge < -0.3 is 19.8 Å². The van der Waals surface area contributed by atoms with Gasteiger partial charge in [0.15, 0.2) is 11.5 Å². The number of nitrogens with two attached hydrogens (primary N) is 1. The molecule has 0 saturated carbocycles. The highest BCUT2D eigenvalue weighted by molar-refractivity contribution is 5.80. The minimum atomic E-state index is 0.599. The van der Waals surface area contributed by atoms with Gasteiger partial charge in [-0.1, -0.05) is 13.8 Å². The lowest BCUT2D eigenvalue weighted by atomic mass is 10.1. The van der Waals surface area contributed by atoms with Crippen molar-refractivity contribution in [3.63, 3.8) is 0 Å². The fraction of sp³-hybridized carbons (Fsp3) is 0.562. The first-order valence-corrected chi connectivity index (χ1v) is 7.68. The Balaban J connectivity index is 2.05. The van der Waals surface area contributed by atoms with Gasteiger partial charge in [0, 0.05) is 25.1 Å². The number of benzene rings is 1.